The summed E-state index contributed by atoms with van der Waals surface area (Å²) in [5, 5.41) is 5.23. The van der Waals surface area contributed by atoms with Crippen molar-refractivity contribution in [2.75, 3.05) is 32.7 Å². The summed E-state index contributed by atoms with van der Waals surface area (Å²) in [5.74, 6) is 2.13. The molecule has 14 heavy (non-hydrogen) atoms. The summed E-state index contributed by atoms with van der Waals surface area (Å²) in [5.41, 5.74) is 0. The molecule has 2 amide bonds. The molecule has 0 aromatic rings. The average molecular weight is 195 g/mol. The van der Waals surface area contributed by atoms with Gasteiger partial charge in [0.05, 0.1) is 19.6 Å². The topological polar surface area (TPSA) is 61.4 Å². The lowest BCUT2D eigenvalue weighted by Gasteiger charge is -2.25. The van der Waals surface area contributed by atoms with Gasteiger partial charge in [-0.05, 0) is 0 Å². The Morgan fingerprint density at radius 2 is 2.50 bits per heavy atom. The molecule has 0 radical (unpaired) electrons. The molecule has 1 rings (SSSR count). The van der Waals surface area contributed by atoms with Gasteiger partial charge in [-0.3, -0.25) is 14.5 Å². The second-order valence-corrected chi connectivity index (χ2v) is 3.04. The Hall–Kier alpha value is -1.54. The highest BCUT2D eigenvalue weighted by Crippen LogP contribution is 1.91. The lowest BCUT2D eigenvalue weighted by atomic mass is 10.3. The maximum atomic E-state index is 11.2. The third-order valence-electron chi connectivity index (χ3n) is 1.87. The zero-order valence-corrected chi connectivity index (χ0v) is 7.88. The molecule has 0 aromatic heterocycles. The van der Waals surface area contributed by atoms with E-state index in [0.717, 1.165) is 0 Å². The fraction of sp³-hybridized carbons (Fsp3) is 0.556. The van der Waals surface area contributed by atoms with Gasteiger partial charge in [0.2, 0.25) is 11.8 Å². The zero-order valence-electron chi connectivity index (χ0n) is 7.88. The van der Waals surface area contributed by atoms with E-state index in [1.54, 1.807) is 4.90 Å². The Kier molecular flexibility index (Phi) is 3.95. The Morgan fingerprint density at radius 1 is 1.71 bits per heavy atom. The molecule has 1 heterocycles. The van der Waals surface area contributed by atoms with Crippen molar-refractivity contribution in [3.05, 3.63) is 0 Å². The van der Waals surface area contributed by atoms with Crippen molar-refractivity contribution in [3.63, 3.8) is 0 Å². The van der Waals surface area contributed by atoms with Gasteiger partial charge in [0.25, 0.3) is 0 Å². The molecule has 1 aliphatic rings. The highest BCUT2D eigenvalue weighted by molar-refractivity contribution is 5.81. The van der Waals surface area contributed by atoms with Gasteiger partial charge in [0, 0.05) is 13.1 Å². The van der Waals surface area contributed by atoms with Crippen LogP contribution < -0.4 is 10.6 Å². The number of nitrogens with one attached hydrogen (secondary N) is 2. The summed E-state index contributed by atoms with van der Waals surface area (Å²) in [6.45, 7) is 2.05. The van der Waals surface area contributed by atoms with Crippen LogP contribution in [0.4, 0.5) is 0 Å². The number of piperazine rings is 1. The van der Waals surface area contributed by atoms with Crippen molar-refractivity contribution in [1.29, 1.82) is 0 Å². The monoisotopic (exact) mass is 195 g/mol. The molecule has 0 spiro atoms. The summed E-state index contributed by atoms with van der Waals surface area (Å²) in [6, 6.07) is 0. The molecule has 1 saturated heterocycles. The average Bonchev–Trinajstić information content (AvgIpc) is 2.15. The predicted octanol–water partition coefficient (Wildman–Crippen LogP) is -1.83. The minimum Gasteiger partial charge on any atom is -0.354 e. The summed E-state index contributed by atoms with van der Waals surface area (Å²) in [4.78, 5) is 23.9. The molecule has 5 nitrogen and oxygen atoms in total. The van der Waals surface area contributed by atoms with Gasteiger partial charge in [0.1, 0.15) is 0 Å². The van der Waals surface area contributed by atoms with E-state index in [1.807, 2.05) is 0 Å². The molecule has 0 atom stereocenters. The predicted molar refractivity (Wildman–Crippen MR) is 51.3 cm³/mol. The van der Waals surface area contributed by atoms with E-state index in [4.69, 9.17) is 6.42 Å². The van der Waals surface area contributed by atoms with Crippen LogP contribution >= 0.6 is 0 Å². The van der Waals surface area contributed by atoms with Crippen molar-refractivity contribution < 1.29 is 9.59 Å². The van der Waals surface area contributed by atoms with Crippen LogP contribution in [0.2, 0.25) is 0 Å². The standard InChI is InChI=1S/C9H13N3O2/c1-2-3-10-8(13)6-12-5-4-11-9(14)7-12/h1H,3-7H2,(H,10,13)(H,11,14). The number of nitrogens with zero attached hydrogens (tertiary/aromatic N) is 1. The summed E-state index contributed by atoms with van der Waals surface area (Å²) < 4.78 is 0. The first kappa shape index (κ1) is 10.5. The number of carbonyl (C=O) groups is 2. The number of amides is 2. The fourth-order valence-electron chi connectivity index (χ4n) is 1.24. The van der Waals surface area contributed by atoms with Crippen molar-refractivity contribution in [2.45, 2.75) is 0 Å². The minimum atomic E-state index is -0.141. The maximum Gasteiger partial charge on any atom is 0.234 e. The molecule has 0 aromatic carbocycles. The van der Waals surface area contributed by atoms with Gasteiger partial charge < -0.3 is 10.6 Å². The Bertz CT molecular complexity index is 270. The Labute approximate surface area is 82.8 Å². The maximum absolute atomic E-state index is 11.2. The third kappa shape index (κ3) is 3.46. The normalized spacial score (nSPS) is 16.9. The minimum absolute atomic E-state index is 0.0407. The van der Waals surface area contributed by atoms with Crippen LogP contribution in [-0.4, -0.2) is 49.4 Å². The van der Waals surface area contributed by atoms with E-state index in [-0.39, 0.29) is 31.4 Å². The van der Waals surface area contributed by atoms with E-state index in [9.17, 15) is 9.59 Å². The molecule has 0 bridgehead atoms. The van der Waals surface area contributed by atoms with Gasteiger partial charge in [-0.1, -0.05) is 5.92 Å². The Balaban J connectivity index is 2.26. The molecule has 0 aliphatic carbocycles. The van der Waals surface area contributed by atoms with E-state index in [1.165, 1.54) is 0 Å². The summed E-state index contributed by atoms with van der Waals surface area (Å²) in [7, 11) is 0. The van der Waals surface area contributed by atoms with Crippen LogP contribution in [0, 0.1) is 12.3 Å². The van der Waals surface area contributed by atoms with Gasteiger partial charge in [-0.15, -0.1) is 6.42 Å². The third-order valence-corrected chi connectivity index (χ3v) is 1.87. The lowest BCUT2D eigenvalue weighted by molar-refractivity contribution is -0.126. The van der Waals surface area contributed by atoms with Crippen molar-refractivity contribution in [2.24, 2.45) is 0 Å². The first-order chi connectivity index (χ1) is 6.72. The number of carbonyl (C=O) groups excluding carboxylic acids is 2. The lowest BCUT2D eigenvalue weighted by Crippen LogP contribution is -2.50. The van der Waals surface area contributed by atoms with Crippen LogP contribution in [0.1, 0.15) is 0 Å². The van der Waals surface area contributed by atoms with Crippen molar-refractivity contribution >= 4 is 11.8 Å². The van der Waals surface area contributed by atoms with Gasteiger partial charge >= 0.3 is 0 Å². The Morgan fingerprint density at radius 3 is 3.14 bits per heavy atom. The van der Waals surface area contributed by atoms with Crippen LogP contribution in [0.3, 0.4) is 0 Å². The number of hydrogen-bond acceptors (Lipinski definition) is 3. The van der Waals surface area contributed by atoms with E-state index in [2.05, 4.69) is 16.6 Å². The highest BCUT2D eigenvalue weighted by atomic mass is 16.2. The molecule has 76 valence electrons. The van der Waals surface area contributed by atoms with Crippen molar-refractivity contribution in [3.8, 4) is 12.3 Å². The molecular formula is C9H13N3O2. The highest BCUT2D eigenvalue weighted by Gasteiger charge is 2.17. The number of rotatable bonds is 3. The van der Waals surface area contributed by atoms with Gasteiger partial charge in [-0.25, -0.2) is 0 Å². The zero-order chi connectivity index (χ0) is 10.4. The van der Waals surface area contributed by atoms with Crippen LogP contribution in [0.15, 0.2) is 0 Å². The van der Waals surface area contributed by atoms with Crippen LogP contribution in [-0.2, 0) is 9.59 Å². The van der Waals surface area contributed by atoms with E-state index >= 15 is 0 Å². The van der Waals surface area contributed by atoms with E-state index < -0.39 is 0 Å². The first-order valence-electron chi connectivity index (χ1n) is 4.41. The second-order valence-electron chi connectivity index (χ2n) is 3.04. The summed E-state index contributed by atoms with van der Waals surface area (Å²) >= 11 is 0. The smallest absolute Gasteiger partial charge is 0.234 e. The fourth-order valence-corrected chi connectivity index (χ4v) is 1.24. The largest absolute Gasteiger partial charge is 0.354 e. The van der Waals surface area contributed by atoms with Crippen LogP contribution in [0.25, 0.3) is 0 Å². The molecular weight excluding hydrogens is 182 g/mol. The van der Waals surface area contributed by atoms with Crippen LogP contribution in [0.5, 0.6) is 0 Å². The van der Waals surface area contributed by atoms with E-state index in [0.29, 0.717) is 13.1 Å². The number of terminal acetylenes is 1. The summed E-state index contributed by atoms with van der Waals surface area (Å²) in [6.07, 6.45) is 4.99. The molecule has 2 N–H and O–H groups in total. The molecule has 1 fully saturated rings. The second kappa shape index (κ2) is 5.25. The molecule has 0 saturated carbocycles. The van der Waals surface area contributed by atoms with Gasteiger partial charge in [-0.2, -0.15) is 0 Å². The molecule has 0 unspecified atom stereocenters. The first-order valence-corrected chi connectivity index (χ1v) is 4.41. The molecule has 5 heteroatoms. The SMILES string of the molecule is C#CCNC(=O)CN1CCNC(=O)C1. The van der Waals surface area contributed by atoms with Gasteiger partial charge in [0.15, 0.2) is 0 Å². The van der Waals surface area contributed by atoms with Crippen molar-refractivity contribution in [1.82, 2.24) is 15.5 Å². The molecule has 1 aliphatic heterocycles. The number of hydrogen-bond donors (Lipinski definition) is 2. The quantitative estimate of drug-likeness (QED) is 0.521.